The van der Waals surface area contributed by atoms with Crippen molar-refractivity contribution in [2.24, 2.45) is 24.3 Å². The molecule has 7 heteroatoms. The third-order valence-electron chi connectivity index (χ3n) is 8.48. The number of fused-ring (bicyclic) bond motifs is 2. The average Bonchev–Trinajstić information content (AvgIpc) is 3.21. The Balaban J connectivity index is 0.938. The zero-order valence-electron chi connectivity index (χ0n) is 21.3. The Morgan fingerprint density at radius 3 is 2.81 bits per heavy atom. The Hall–Kier alpha value is -3.06. The van der Waals surface area contributed by atoms with E-state index in [1.54, 1.807) is 0 Å². The molecule has 1 aliphatic carbocycles. The smallest absolute Gasteiger partial charge is 0.231 e. The van der Waals surface area contributed by atoms with Crippen molar-refractivity contribution < 1.29 is 14.3 Å². The molecule has 2 aromatic carbocycles. The Kier molecular flexibility index (Phi) is 6.12. The summed E-state index contributed by atoms with van der Waals surface area (Å²) in [6, 6.07) is 14.5. The molecule has 1 N–H and O–H groups in total. The maximum Gasteiger partial charge on any atom is 0.231 e. The molecule has 0 bridgehead atoms. The van der Waals surface area contributed by atoms with Crippen molar-refractivity contribution in [2.45, 2.75) is 39.0 Å². The number of benzene rings is 2. The Labute approximate surface area is 212 Å². The highest BCUT2D eigenvalue weighted by Crippen LogP contribution is 2.59. The van der Waals surface area contributed by atoms with Crippen molar-refractivity contribution >= 4 is 16.9 Å². The Morgan fingerprint density at radius 1 is 1.17 bits per heavy atom. The van der Waals surface area contributed by atoms with Gasteiger partial charge in [-0.05, 0) is 79.9 Å². The van der Waals surface area contributed by atoms with Gasteiger partial charge in [0.15, 0.2) is 11.5 Å². The molecule has 2 aliphatic heterocycles. The van der Waals surface area contributed by atoms with E-state index in [-0.39, 0.29) is 17.2 Å². The topological polar surface area (TPSA) is 68.6 Å². The molecule has 1 saturated carbocycles. The molecule has 3 heterocycles. The van der Waals surface area contributed by atoms with Crippen LogP contribution in [0.15, 0.2) is 42.5 Å². The molecule has 3 aliphatic rings. The SMILES string of the molecule is C[C@H](Cc1ccc2c(c1)OCO2)CN1CCC2(CC1)C[C@@H]2C(=O)NCCc1nc2ccccc2n1C. The second-order valence-corrected chi connectivity index (χ2v) is 11.0. The van der Waals surface area contributed by atoms with E-state index in [4.69, 9.17) is 14.5 Å². The highest BCUT2D eigenvalue weighted by atomic mass is 16.7. The van der Waals surface area contributed by atoms with Gasteiger partial charge in [-0.3, -0.25) is 4.79 Å². The minimum Gasteiger partial charge on any atom is -0.454 e. The van der Waals surface area contributed by atoms with Gasteiger partial charge in [-0.1, -0.05) is 25.1 Å². The van der Waals surface area contributed by atoms with Crippen LogP contribution in [0.2, 0.25) is 0 Å². The summed E-state index contributed by atoms with van der Waals surface area (Å²) < 4.78 is 13.1. The normalized spacial score (nSPS) is 21.1. The van der Waals surface area contributed by atoms with E-state index < -0.39 is 0 Å². The number of amides is 1. The summed E-state index contributed by atoms with van der Waals surface area (Å²) in [4.78, 5) is 20.2. The van der Waals surface area contributed by atoms with Gasteiger partial charge in [0.1, 0.15) is 5.82 Å². The quantitative estimate of drug-likeness (QED) is 0.520. The highest BCUT2D eigenvalue weighted by Gasteiger charge is 2.58. The number of piperidine rings is 1. The predicted molar refractivity (Wildman–Crippen MR) is 139 cm³/mol. The number of aromatic nitrogens is 2. The largest absolute Gasteiger partial charge is 0.454 e. The van der Waals surface area contributed by atoms with E-state index in [1.165, 1.54) is 5.56 Å². The van der Waals surface area contributed by atoms with E-state index >= 15 is 0 Å². The molecule has 0 unspecified atom stereocenters. The van der Waals surface area contributed by atoms with Crippen molar-refractivity contribution in [2.75, 3.05) is 33.0 Å². The molecular weight excluding hydrogens is 452 g/mol. The number of ether oxygens (including phenoxy) is 2. The molecule has 1 amide bonds. The summed E-state index contributed by atoms with van der Waals surface area (Å²) in [5.74, 6) is 3.72. The van der Waals surface area contributed by atoms with Gasteiger partial charge in [0.05, 0.1) is 11.0 Å². The first-order valence-electron chi connectivity index (χ1n) is 13.3. The first kappa shape index (κ1) is 23.3. The lowest BCUT2D eigenvalue weighted by Crippen LogP contribution is -2.39. The van der Waals surface area contributed by atoms with Crippen LogP contribution < -0.4 is 14.8 Å². The van der Waals surface area contributed by atoms with Crippen LogP contribution >= 0.6 is 0 Å². The van der Waals surface area contributed by atoms with Gasteiger partial charge >= 0.3 is 0 Å². The maximum atomic E-state index is 12.9. The number of carbonyl (C=O) groups is 1. The zero-order valence-corrected chi connectivity index (χ0v) is 21.3. The maximum absolute atomic E-state index is 12.9. The number of para-hydroxylation sites is 2. The molecule has 3 aromatic rings. The van der Waals surface area contributed by atoms with E-state index in [0.29, 0.717) is 19.3 Å². The summed E-state index contributed by atoms with van der Waals surface area (Å²) in [7, 11) is 2.05. The van der Waals surface area contributed by atoms with Gasteiger partial charge in [0, 0.05) is 32.5 Å². The molecule has 2 fully saturated rings. The zero-order chi connectivity index (χ0) is 24.7. The fraction of sp³-hybridized carbons (Fsp3) is 0.517. The first-order chi connectivity index (χ1) is 17.5. The van der Waals surface area contributed by atoms with Gasteiger partial charge in [-0.15, -0.1) is 0 Å². The first-order valence-corrected chi connectivity index (χ1v) is 13.3. The number of hydrogen-bond acceptors (Lipinski definition) is 5. The fourth-order valence-electron chi connectivity index (χ4n) is 6.27. The van der Waals surface area contributed by atoms with Gasteiger partial charge in [-0.2, -0.15) is 0 Å². The second kappa shape index (κ2) is 9.43. The lowest BCUT2D eigenvalue weighted by molar-refractivity contribution is -0.123. The molecule has 2 atom stereocenters. The molecule has 6 rings (SSSR count). The van der Waals surface area contributed by atoms with E-state index in [0.717, 1.165) is 80.1 Å². The third-order valence-corrected chi connectivity index (χ3v) is 8.48. The molecule has 7 nitrogen and oxygen atoms in total. The average molecular weight is 489 g/mol. The fourth-order valence-corrected chi connectivity index (χ4v) is 6.27. The van der Waals surface area contributed by atoms with Crippen LogP contribution in [-0.4, -0.2) is 53.3 Å². The summed E-state index contributed by atoms with van der Waals surface area (Å²) in [6.45, 7) is 6.58. The minimum absolute atomic E-state index is 0.186. The van der Waals surface area contributed by atoms with Gasteiger partial charge in [0.25, 0.3) is 0 Å². The molecular formula is C29H36N4O3. The van der Waals surface area contributed by atoms with Crippen LogP contribution in [0, 0.1) is 17.3 Å². The second-order valence-electron chi connectivity index (χ2n) is 11.0. The Morgan fingerprint density at radius 2 is 1.97 bits per heavy atom. The number of aryl methyl sites for hydroxylation is 1. The van der Waals surface area contributed by atoms with Crippen LogP contribution in [0.3, 0.4) is 0 Å². The molecule has 36 heavy (non-hydrogen) atoms. The number of imidazole rings is 1. The van der Waals surface area contributed by atoms with Crippen LogP contribution in [0.4, 0.5) is 0 Å². The molecule has 1 saturated heterocycles. The van der Waals surface area contributed by atoms with Crippen molar-refractivity contribution in [3.8, 4) is 11.5 Å². The summed E-state index contributed by atoms with van der Waals surface area (Å²) in [6.07, 6.45) is 5.10. The number of rotatable bonds is 8. The molecule has 1 spiro atoms. The summed E-state index contributed by atoms with van der Waals surface area (Å²) >= 11 is 0. The van der Waals surface area contributed by atoms with E-state index in [9.17, 15) is 4.79 Å². The number of nitrogens with one attached hydrogen (secondary N) is 1. The third kappa shape index (κ3) is 4.57. The van der Waals surface area contributed by atoms with Crippen LogP contribution in [0.5, 0.6) is 11.5 Å². The van der Waals surface area contributed by atoms with Crippen molar-refractivity contribution in [1.82, 2.24) is 19.8 Å². The molecule has 190 valence electrons. The number of carbonyl (C=O) groups excluding carboxylic acids is 1. The van der Waals surface area contributed by atoms with Crippen molar-refractivity contribution in [3.05, 3.63) is 53.9 Å². The van der Waals surface area contributed by atoms with Crippen LogP contribution in [-0.2, 0) is 24.7 Å². The minimum atomic E-state index is 0.186. The van der Waals surface area contributed by atoms with Gasteiger partial charge in [0.2, 0.25) is 12.7 Å². The van der Waals surface area contributed by atoms with Crippen molar-refractivity contribution in [3.63, 3.8) is 0 Å². The van der Waals surface area contributed by atoms with Crippen LogP contribution in [0.1, 0.15) is 37.6 Å². The van der Waals surface area contributed by atoms with Crippen LogP contribution in [0.25, 0.3) is 11.0 Å². The van der Waals surface area contributed by atoms with Gasteiger partial charge in [-0.25, -0.2) is 4.98 Å². The highest BCUT2D eigenvalue weighted by molar-refractivity contribution is 5.82. The number of hydrogen-bond donors (Lipinski definition) is 1. The standard InChI is InChI=1S/C29H36N4O3/c1-20(15-21-7-8-25-26(16-21)36-19-35-25)18-33-13-10-29(11-14-33)17-22(29)28(34)30-12-9-27-31-23-5-3-4-6-24(23)32(27)2/h3-8,16,20,22H,9-15,17-19H2,1-2H3,(H,30,34)/t20-,22-/m1/s1. The lowest BCUT2D eigenvalue weighted by atomic mass is 9.89. The molecule has 0 radical (unpaired) electrons. The predicted octanol–water partition coefficient (Wildman–Crippen LogP) is 3.94. The van der Waals surface area contributed by atoms with E-state index in [1.807, 2.05) is 31.3 Å². The molecule has 1 aromatic heterocycles. The monoisotopic (exact) mass is 488 g/mol. The van der Waals surface area contributed by atoms with Crippen molar-refractivity contribution in [1.29, 1.82) is 0 Å². The summed E-state index contributed by atoms with van der Waals surface area (Å²) in [5.41, 5.74) is 3.69. The lowest BCUT2D eigenvalue weighted by Gasteiger charge is -2.34. The van der Waals surface area contributed by atoms with E-state index in [2.05, 4.69) is 39.9 Å². The number of nitrogens with zero attached hydrogens (tertiary/aromatic N) is 3. The number of likely N-dealkylation sites (tertiary alicyclic amines) is 1. The summed E-state index contributed by atoms with van der Waals surface area (Å²) in [5, 5.41) is 3.20. The Bertz CT molecular complexity index is 1260. The van der Waals surface area contributed by atoms with Gasteiger partial charge < -0.3 is 24.3 Å².